The molecule has 0 fully saturated rings. The number of aliphatic hydroxyl groups is 1. The summed E-state index contributed by atoms with van der Waals surface area (Å²) >= 11 is 1.44. The number of amides is 1. The molecule has 158 valence electrons. The van der Waals surface area contributed by atoms with Crippen LogP contribution in [0.15, 0.2) is 24.4 Å². The molecule has 0 radical (unpaired) electrons. The maximum Gasteiger partial charge on any atom is 0.309 e. The Morgan fingerprint density at radius 2 is 1.86 bits per heavy atom. The molecule has 7 heteroatoms. The van der Waals surface area contributed by atoms with Gasteiger partial charge in [-0.25, -0.2) is 4.98 Å². The zero-order chi connectivity index (χ0) is 22.0. The molecule has 0 saturated carbocycles. The Morgan fingerprint density at radius 3 is 2.38 bits per heavy atom. The summed E-state index contributed by atoms with van der Waals surface area (Å²) < 4.78 is 5.94. The second-order valence-corrected chi connectivity index (χ2v) is 10.6. The Bertz CT molecular complexity index is 864. The van der Waals surface area contributed by atoms with Crippen molar-refractivity contribution in [3.05, 3.63) is 45.4 Å². The zero-order valence-electron chi connectivity index (χ0n) is 18.8. The molecule has 0 aliphatic heterocycles. The normalized spacial score (nSPS) is 12.7. The van der Waals surface area contributed by atoms with Crippen LogP contribution in [0.5, 0.6) is 0 Å². The molecule has 2 rings (SSSR count). The number of nitrogens with zero attached hydrogens (tertiary/aromatic N) is 1. The first-order valence-electron chi connectivity index (χ1n) is 9.90. The largest absolute Gasteiger partial charge is 0.427 e. The highest BCUT2D eigenvalue weighted by molar-refractivity contribution is 7.13. The van der Waals surface area contributed by atoms with Crippen molar-refractivity contribution in [3.8, 4) is 0 Å². The third-order valence-electron chi connectivity index (χ3n) is 5.29. The van der Waals surface area contributed by atoms with Gasteiger partial charge in [0.15, 0.2) is 0 Å². The molecule has 1 amide bonds. The van der Waals surface area contributed by atoms with Crippen LogP contribution in [0.4, 0.5) is 0 Å². The number of aryl methyl sites for hydroxylation is 1. The topological polar surface area (TPSA) is 71.5 Å². The molecule has 1 aromatic carbocycles. The smallest absolute Gasteiger partial charge is 0.309 e. The van der Waals surface area contributed by atoms with Crippen LogP contribution < -0.4 is 10.8 Å². The number of carbonyl (C=O) groups excluding carboxylic acids is 1. The van der Waals surface area contributed by atoms with Gasteiger partial charge in [0.05, 0.1) is 22.4 Å². The van der Waals surface area contributed by atoms with E-state index in [9.17, 15) is 9.90 Å². The highest BCUT2D eigenvalue weighted by Crippen LogP contribution is 2.27. The predicted molar refractivity (Wildman–Crippen MR) is 121 cm³/mol. The van der Waals surface area contributed by atoms with E-state index in [0.717, 1.165) is 21.6 Å². The van der Waals surface area contributed by atoms with Crippen molar-refractivity contribution in [1.82, 2.24) is 10.3 Å². The molecular formula is C22H33BN2O3S. The standard InChI is InChI=1S/C22H33BN2O3S/c1-14-11-16(23-28-22(7,8)21(5,6)27)10-9-15(14)12-24-18(26)17-13-25-19(29-17)20(2,3)4/h9-11,13,23,27H,12H2,1-8H3,(H,24,26). The van der Waals surface area contributed by atoms with E-state index in [-0.39, 0.29) is 11.3 Å². The maximum atomic E-state index is 12.5. The van der Waals surface area contributed by atoms with Gasteiger partial charge in [-0.15, -0.1) is 11.3 Å². The third kappa shape index (κ3) is 6.14. The van der Waals surface area contributed by atoms with Gasteiger partial charge in [0.1, 0.15) is 4.88 Å². The number of hydrogen-bond acceptors (Lipinski definition) is 5. The van der Waals surface area contributed by atoms with E-state index >= 15 is 0 Å². The Hall–Kier alpha value is -1.70. The highest BCUT2D eigenvalue weighted by atomic mass is 32.1. The van der Waals surface area contributed by atoms with Crippen molar-refractivity contribution < 1.29 is 14.6 Å². The number of benzene rings is 1. The second kappa shape index (κ2) is 8.58. The lowest BCUT2D eigenvalue weighted by molar-refractivity contribution is -0.0893. The Kier molecular flexibility index (Phi) is 6.98. The maximum absolute atomic E-state index is 12.5. The molecule has 0 atom stereocenters. The van der Waals surface area contributed by atoms with E-state index in [4.69, 9.17) is 4.65 Å². The minimum atomic E-state index is -0.935. The van der Waals surface area contributed by atoms with Crippen LogP contribution in [0.2, 0.25) is 0 Å². The quantitative estimate of drug-likeness (QED) is 0.680. The molecule has 1 aromatic heterocycles. The lowest BCUT2D eigenvalue weighted by Gasteiger charge is -2.37. The predicted octanol–water partition coefficient (Wildman–Crippen LogP) is 3.22. The molecule has 0 aliphatic carbocycles. The highest BCUT2D eigenvalue weighted by Gasteiger charge is 2.35. The van der Waals surface area contributed by atoms with Gasteiger partial charge in [-0.3, -0.25) is 4.79 Å². The van der Waals surface area contributed by atoms with Crippen LogP contribution in [0, 0.1) is 6.92 Å². The molecule has 0 spiro atoms. The fraction of sp³-hybridized carbons (Fsp3) is 0.545. The van der Waals surface area contributed by atoms with Gasteiger partial charge >= 0.3 is 7.48 Å². The van der Waals surface area contributed by atoms with Gasteiger partial charge in [0, 0.05) is 12.0 Å². The van der Waals surface area contributed by atoms with Crippen molar-refractivity contribution >= 4 is 30.2 Å². The molecule has 2 aromatic rings. The average Bonchev–Trinajstić information content (AvgIpc) is 3.08. The van der Waals surface area contributed by atoms with E-state index in [1.165, 1.54) is 11.3 Å². The number of thiazole rings is 1. The van der Waals surface area contributed by atoms with Crippen LogP contribution >= 0.6 is 11.3 Å². The van der Waals surface area contributed by atoms with Gasteiger partial charge in [-0.05, 0) is 45.7 Å². The molecule has 0 saturated heterocycles. The van der Waals surface area contributed by atoms with Gasteiger partial charge in [-0.2, -0.15) is 0 Å². The van der Waals surface area contributed by atoms with E-state index < -0.39 is 11.2 Å². The van der Waals surface area contributed by atoms with Gasteiger partial charge in [0.2, 0.25) is 0 Å². The Morgan fingerprint density at radius 1 is 1.21 bits per heavy atom. The molecule has 0 bridgehead atoms. The second-order valence-electron chi connectivity index (χ2n) is 9.58. The van der Waals surface area contributed by atoms with Gasteiger partial charge < -0.3 is 15.1 Å². The fourth-order valence-electron chi connectivity index (χ4n) is 2.47. The number of carbonyl (C=O) groups is 1. The summed E-state index contributed by atoms with van der Waals surface area (Å²) in [6.45, 7) is 16.0. The van der Waals surface area contributed by atoms with Crippen LogP contribution in [-0.4, -0.2) is 34.7 Å². The van der Waals surface area contributed by atoms with Crippen molar-refractivity contribution in [2.24, 2.45) is 0 Å². The fourth-order valence-corrected chi connectivity index (χ4v) is 3.37. The van der Waals surface area contributed by atoms with E-state index in [2.05, 4.69) is 37.1 Å². The number of rotatable bonds is 7. The van der Waals surface area contributed by atoms with E-state index in [1.54, 1.807) is 20.0 Å². The van der Waals surface area contributed by atoms with Crippen LogP contribution in [0.3, 0.4) is 0 Å². The molecule has 0 unspecified atom stereocenters. The summed E-state index contributed by atoms with van der Waals surface area (Å²) in [5, 5.41) is 14.2. The molecule has 0 aliphatic rings. The van der Waals surface area contributed by atoms with Crippen LogP contribution in [0.1, 0.15) is 74.3 Å². The summed E-state index contributed by atoms with van der Waals surface area (Å²) in [5.74, 6) is -0.100. The summed E-state index contributed by atoms with van der Waals surface area (Å²) in [4.78, 5) is 17.5. The summed E-state index contributed by atoms with van der Waals surface area (Å²) in [5.41, 5.74) is 1.53. The van der Waals surface area contributed by atoms with E-state index in [0.29, 0.717) is 18.9 Å². The zero-order valence-corrected chi connectivity index (χ0v) is 19.7. The lowest BCUT2D eigenvalue weighted by Crippen LogP contribution is -2.49. The first kappa shape index (κ1) is 23.6. The summed E-state index contributed by atoms with van der Waals surface area (Å²) in [7, 11) is 0.418. The van der Waals surface area contributed by atoms with Crippen molar-refractivity contribution in [3.63, 3.8) is 0 Å². The van der Waals surface area contributed by atoms with Gasteiger partial charge in [0.25, 0.3) is 5.91 Å². The van der Waals surface area contributed by atoms with Crippen molar-refractivity contribution in [2.45, 2.75) is 78.6 Å². The number of nitrogens with one attached hydrogen (secondary N) is 1. The first-order valence-corrected chi connectivity index (χ1v) is 10.7. The number of hydrogen-bond donors (Lipinski definition) is 2. The average molecular weight is 416 g/mol. The van der Waals surface area contributed by atoms with Gasteiger partial charge in [-0.1, -0.05) is 44.4 Å². The van der Waals surface area contributed by atoms with Crippen molar-refractivity contribution in [2.75, 3.05) is 0 Å². The molecule has 5 nitrogen and oxygen atoms in total. The third-order valence-corrected chi connectivity index (χ3v) is 6.71. The molecule has 1 heterocycles. The minimum absolute atomic E-state index is 0.0580. The molecule has 2 N–H and O–H groups in total. The Labute approximate surface area is 179 Å². The molecular weight excluding hydrogens is 383 g/mol. The van der Waals surface area contributed by atoms with Crippen molar-refractivity contribution in [1.29, 1.82) is 0 Å². The Balaban J connectivity index is 1.97. The van der Waals surface area contributed by atoms with E-state index in [1.807, 2.05) is 32.9 Å². The monoisotopic (exact) mass is 416 g/mol. The molecule has 29 heavy (non-hydrogen) atoms. The first-order chi connectivity index (χ1) is 13.2. The number of aromatic nitrogens is 1. The van der Waals surface area contributed by atoms with Crippen LogP contribution in [-0.2, 0) is 16.6 Å². The summed E-state index contributed by atoms with van der Waals surface area (Å²) in [6, 6.07) is 6.07. The lowest BCUT2D eigenvalue weighted by atomic mass is 9.81. The SMILES string of the molecule is Cc1cc(BOC(C)(C)C(C)(C)O)ccc1CNC(=O)c1cnc(C(C)(C)C)s1. The summed E-state index contributed by atoms with van der Waals surface area (Å²) in [6.07, 6.45) is 1.65. The minimum Gasteiger partial charge on any atom is -0.427 e. The van der Waals surface area contributed by atoms with Crippen LogP contribution in [0.25, 0.3) is 0 Å².